The summed E-state index contributed by atoms with van der Waals surface area (Å²) in [6, 6.07) is 6.29. The third kappa shape index (κ3) is 11.0. The Labute approximate surface area is 169 Å². The van der Waals surface area contributed by atoms with Crippen LogP contribution in [0.25, 0.3) is 0 Å². The van der Waals surface area contributed by atoms with E-state index in [9.17, 15) is 9.59 Å². The minimum Gasteiger partial charge on any atom is -0.507 e. The number of phenols is 1. The summed E-state index contributed by atoms with van der Waals surface area (Å²) in [5.41, 5.74) is -0.0671. The molecule has 1 aromatic rings. The first-order valence-electron chi connectivity index (χ1n) is 10.8. The Morgan fingerprint density at radius 3 is 2.18 bits per heavy atom. The second-order valence-corrected chi connectivity index (χ2v) is 7.60. The van der Waals surface area contributed by atoms with Gasteiger partial charge in [0.25, 0.3) is 0 Å². The lowest BCUT2D eigenvalue weighted by Crippen LogP contribution is -2.38. The van der Waals surface area contributed by atoms with Crippen molar-refractivity contribution in [3.63, 3.8) is 0 Å². The number of benzene rings is 1. The van der Waals surface area contributed by atoms with Crippen molar-refractivity contribution in [1.82, 2.24) is 5.32 Å². The van der Waals surface area contributed by atoms with Gasteiger partial charge in [-0.15, -0.1) is 0 Å². The average molecular weight is 392 g/mol. The Bertz CT molecular complexity index is 573. The molecule has 1 heterocycles. The number of nitrogens with one attached hydrogen (secondary N) is 1. The molecule has 1 atom stereocenters. The van der Waals surface area contributed by atoms with Gasteiger partial charge >= 0.3 is 5.97 Å². The van der Waals surface area contributed by atoms with E-state index in [0.29, 0.717) is 6.04 Å². The fourth-order valence-electron chi connectivity index (χ4n) is 3.45. The first-order chi connectivity index (χ1) is 13.5. The van der Waals surface area contributed by atoms with Crippen LogP contribution in [0.3, 0.4) is 0 Å². The van der Waals surface area contributed by atoms with E-state index in [1.807, 2.05) is 0 Å². The number of hydrogen-bond donors (Lipinski definition) is 3. The molecule has 3 N–H and O–H groups in total. The average Bonchev–Trinajstić information content (AvgIpc) is 2.67. The lowest BCUT2D eigenvalue weighted by molar-refractivity contribution is -0.123. The van der Waals surface area contributed by atoms with Crippen LogP contribution in [0.1, 0.15) is 101 Å². The Hall–Kier alpha value is -2.04. The summed E-state index contributed by atoms with van der Waals surface area (Å²) >= 11 is 0. The van der Waals surface area contributed by atoms with E-state index in [4.69, 9.17) is 10.2 Å². The lowest BCUT2D eigenvalue weighted by Gasteiger charge is -2.23. The van der Waals surface area contributed by atoms with Gasteiger partial charge in [0.05, 0.1) is 0 Å². The zero-order chi connectivity index (χ0) is 20.6. The van der Waals surface area contributed by atoms with Gasteiger partial charge in [0.1, 0.15) is 11.3 Å². The summed E-state index contributed by atoms with van der Waals surface area (Å²) in [4.78, 5) is 21.5. The smallest absolute Gasteiger partial charge is 0.339 e. The van der Waals surface area contributed by atoms with Crippen LogP contribution < -0.4 is 5.32 Å². The quantitative estimate of drug-likeness (QED) is 0.424. The van der Waals surface area contributed by atoms with Gasteiger partial charge in [0.2, 0.25) is 5.91 Å². The zero-order valence-electron chi connectivity index (χ0n) is 17.3. The van der Waals surface area contributed by atoms with Crippen molar-refractivity contribution in [2.75, 3.05) is 0 Å². The normalized spacial score (nSPS) is 16.0. The van der Waals surface area contributed by atoms with E-state index in [0.717, 1.165) is 12.8 Å². The number of carboxylic acids is 1. The first kappa shape index (κ1) is 24.0. The highest BCUT2D eigenvalue weighted by Gasteiger charge is 2.16. The summed E-state index contributed by atoms with van der Waals surface area (Å²) in [6.45, 7) is 2.27. The Balaban J connectivity index is 0.000000330. The Morgan fingerprint density at radius 2 is 1.64 bits per heavy atom. The van der Waals surface area contributed by atoms with Crippen molar-refractivity contribution >= 4 is 11.9 Å². The molecule has 1 aliphatic rings. The maximum absolute atomic E-state index is 11.2. The minimum absolute atomic E-state index is 0.0671. The molecule has 1 unspecified atom stereocenters. The number of aromatic hydroxyl groups is 1. The Kier molecular flexibility index (Phi) is 12.8. The summed E-state index contributed by atoms with van der Waals surface area (Å²) in [7, 11) is 0. The van der Waals surface area contributed by atoms with Crippen molar-refractivity contribution < 1.29 is 19.8 Å². The highest BCUT2D eigenvalue weighted by molar-refractivity contribution is 5.90. The van der Waals surface area contributed by atoms with Gasteiger partial charge in [0.15, 0.2) is 0 Å². The third-order valence-corrected chi connectivity index (χ3v) is 5.11. The van der Waals surface area contributed by atoms with Crippen LogP contribution in [0.2, 0.25) is 0 Å². The van der Waals surface area contributed by atoms with Crippen molar-refractivity contribution in [3.8, 4) is 5.75 Å². The van der Waals surface area contributed by atoms with Crippen LogP contribution in [0.4, 0.5) is 0 Å². The molecule has 0 radical (unpaired) electrons. The number of aromatic carboxylic acids is 1. The number of carbonyl (C=O) groups excluding carboxylic acids is 1. The van der Waals surface area contributed by atoms with E-state index in [-0.39, 0.29) is 17.2 Å². The zero-order valence-corrected chi connectivity index (χ0v) is 17.3. The van der Waals surface area contributed by atoms with Crippen LogP contribution in [0.5, 0.6) is 5.75 Å². The van der Waals surface area contributed by atoms with Crippen LogP contribution in [-0.4, -0.2) is 28.1 Å². The molecule has 0 aromatic heterocycles. The molecule has 1 fully saturated rings. The van der Waals surface area contributed by atoms with E-state index >= 15 is 0 Å². The maximum atomic E-state index is 11.2. The molecular formula is C23H37NO4. The second kappa shape index (κ2) is 14.9. The van der Waals surface area contributed by atoms with Gasteiger partial charge in [-0.05, 0) is 31.4 Å². The summed E-state index contributed by atoms with van der Waals surface area (Å²) in [5.74, 6) is -1.05. The van der Waals surface area contributed by atoms with E-state index in [1.54, 1.807) is 12.1 Å². The third-order valence-electron chi connectivity index (χ3n) is 5.11. The Morgan fingerprint density at radius 1 is 1.04 bits per heavy atom. The number of carboxylic acid groups (broad SMARTS) is 1. The molecule has 0 bridgehead atoms. The van der Waals surface area contributed by atoms with Crippen LogP contribution in [-0.2, 0) is 4.79 Å². The van der Waals surface area contributed by atoms with Crippen LogP contribution in [0, 0.1) is 0 Å². The number of piperidine rings is 1. The van der Waals surface area contributed by atoms with Gasteiger partial charge in [0, 0.05) is 12.5 Å². The minimum atomic E-state index is -1.11. The summed E-state index contributed by atoms with van der Waals surface area (Å²) in [6.07, 6.45) is 16.7. The van der Waals surface area contributed by atoms with Crippen molar-refractivity contribution in [2.24, 2.45) is 0 Å². The lowest BCUT2D eigenvalue weighted by atomic mass is 9.98. The van der Waals surface area contributed by atoms with E-state index < -0.39 is 5.97 Å². The molecule has 0 saturated carbocycles. The van der Waals surface area contributed by atoms with Crippen LogP contribution >= 0.6 is 0 Å². The van der Waals surface area contributed by atoms with Crippen molar-refractivity contribution in [3.05, 3.63) is 29.8 Å². The molecular weight excluding hydrogens is 354 g/mol. The van der Waals surface area contributed by atoms with Gasteiger partial charge in [-0.1, -0.05) is 76.8 Å². The van der Waals surface area contributed by atoms with E-state index in [2.05, 4.69) is 12.2 Å². The largest absolute Gasteiger partial charge is 0.507 e. The highest BCUT2D eigenvalue weighted by Crippen LogP contribution is 2.16. The van der Waals surface area contributed by atoms with Gasteiger partial charge in [-0.25, -0.2) is 4.79 Å². The summed E-state index contributed by atoms with van der Waals surface area (Å²) < 4.78 is 0. The molecule has 0 spiro atoms. The molecule has 1 aromatic carbocycles. The number of unbranched alkanes of at least 4 members (excludes halogenated alkanes) is 8. The van der Waals surface area contributed by atoms with Gasteiger partial charge in [-0.2, -0.15) is 0 Å². The summed E-state index contributed by atoms with van der Waals surface area (Å²) in [5, 5.41) is 20.4. The van der Waals surface area contributed by atoms with Crippen LogP contribution in [0.15, 0.2) is 24.3 Å². The van der Waals surface area contributed by atoms with Crippen molar-refractivity contribution in [2.45, 2.75) is 96.4 Å². The fraction of sp³-hybridized carbons (Fsp3) is 0.652. The monoisotopic (exact) mass is 391 g/mol. The number of rotatable bonds is 11. The number of hydrogen-bond acceptors (Lipinski definition) is 3. The number of amides is 1. The number of para-hydroxylation sites is 1. The second-order valence-electron chi connectivity index (χ2n) is 7.60. The molecule has 1 amide bonds. The standard InChI is InChI=1S/C16H31NO.C7H6O3/c1-2-3-4-5-6-7-8-9-10-12-15-13-11-14-16(18)17-15;8-6-4-2-1-3-5(6)7(9)10/h15H,2-14H2,1H3,(H,17,18);1-4,8H,(H,9,10). The molecule has 0 aliphatic carbocycles. The molecule has 2 rings (SSSR count). The fourth-order valence-corrected chi connectivity index (χ4v) is 3.45. The molecule has 1 saturated heterocycles. The predicted octanol–water partition coefficient (Wildman–Crippen LogP) is 5.67. The molecule has 5 heteroatoms. The van der Waals surface area contributed by atoms with Gasteiger partial charge < -0.3 is 15.5 Å². The topological polar surface area (TPSA) is 86.6 Å². The van der Waals surface area contributed by atoms with E-state index in [1.165, 1.54) is 82.8 Å². The van der Waals surface area contributed by atoms with Gasteiger partial charge in [-0.3, -0.25) is 4.79 Å². The SMILES string of the molecule is CCCCCCCCCCCC1CCCC(=O)N1.O=C(O)c1ccccc1O. The number of carbonyl (C=O) groups is 2. The first-order valence-corrected chi connectivity index (χ1v) is 10.8. The highest BCUT2D eigenvalue weighted by atomic mass is 16.4. The molecule has 28 heavy (non-hydrogen) atoms. The molecule has 1 aliphatic heterocycles. The van der Waals surface area contributed by atoms with Crippen molar-refractivity contribution in [1.29, 1.82) is 0 Å². The molecule has 5 nitrogen and oxygen atoms in total. The maximum Gasteiger partial charge on any atom is 0.339 e. The molecule has 158 valence electrons. The predicted molar refractivity (Wildman–Crippen MR) is 113 cm³/mol.